The van der Waals surface area contributed by atoms with Crippen LogP contribution in [0, 0.1) is 0 Å². The minimum absolute atomic E-state index is 0.129. The minimum atomic E-state index is -0.620. The van der Waals surface area contributed by atoms with Gasteiger partial charge in [0.2, 0.25) is 6.10 Å². The van der Waals surface area contributed by atoms with Gasteiger partial charge in [-0.25, -0.2) is 0 Å². The summed E-state index contributed by atoms with van der Waals surface area (Å²) < 4.78 is 16.5. The van der Waals surface area contributed by atoms with Crippen LogP contribution in [-0.4, -0.2) is 30.6 Å². The summed E-state index contributed by atoms with van der Waals surface area (Å²) in [6.07, 6.45) is 0.967. The molecule has 1 aromatic heterocycles. The number of para-hydroxylation sites is 2. The molecule has 1 aliphatic rings. The lowest BCUT2D eigenvalue weighted by Crippen LogP contribution is -2.44. The first-order valence-corrected chi connectivity index (χ1v) is 6.40. The lowest BCUT2D eigenvalue weighted by atomic mass is 10.2. The Labute approximate surface area is 116 Å². The second-order valence-electron chi connectivity index (χ2n) is 4.64. The normalized spacial score (nSPS) is 16.8. The van der Waals surface area contributed by atoms with Gasteiger partial charge in [0.25, 0.3) is 5.91 Å². The highest BCUT2D eigenvalue weighted by Gasteiger charge is 2.29. The van der Waals surface area contributed by atoms with Crippen LogP contribution in [0.3, 0.4) is 0 Å². The maximum absolute atomic E-state index is 12.3. The van der Waals surface area contributed by atoms with Crippen molar-refractivity contribution in [2.24, 2.45) is 0 Å². The molecule has 2 aromatic rings. The molecule has 1 amide bonds. The predicted octanol–water partition coefficient (Wildman–Crippen LogP) is 2.08. The Morgan fingerprint density at radius 3 is 2.80 bits per heavy atom. The molecular weight excluding hydrogens is 258 g/mol. The molecule has 5 heteroatoms. The summed E-state index contributed by atoms with van der Waals surface area (Å²) in [5, 5.41) is 0. The molecule has 0 N–H and O–H groups in total. The van der Waals surface area contributed by atoms with Crippen LogP contribution in [0.15, 0.2) is 47.1 Å². The molecule has 20 heavy (non-hydrogen) atoms. The molecule has 0 saturated heterocycles. The largest absolute Gasteiger partial charge is 0.485 e. The van der Waals surface area contributed by atoms with Crippen LogP contribution >= 0.6 is 0 Å². The number of rotatable bonds is 3. The zero-order valence-electron chi connectivity index (χ0n) is 11.1. The first-order chi connectivity index (χ1) is 9.74. The number of fused-ring (bicyclic) bond motifs is 1. The Bertz CT molecular complexity index is 594. The van der Waals surface area contributed by atoms with Crippen molar-refractivity contribution in [3.63, 3.8) is 0 Å². The molecule has 0 fully saturated rings. The summed E-state index contributed by atoms with van der Waals surface area (Å²) in [6, 6.07) is 11.0. The lowest BCUT2D eigenvalue weighted by molar-refractivity contribution is -0.140. The van der Waals surface area contributed by atoms with Gasteiger partial charge in [0, 0.05) is 7.05 Å². The van der Waals surface area contributed by atoms with Crippen LogP contribution in [0.2, 0.25) is 0 Å². The van der Waals surface area contributed by atoms with Crippen LogP contribution in [0.5, 0.6) is 11.5 Å². The molecule has 0 saturated carbocycles. The van der Waals surface area contributed by atoms with Crippen molar-refractivity contribution < 1.29 is 18.7 Å². The number of benzene rings is 1. The molecule has 3 rings (SSSR count). The third kappa shape index (κ3) is 2.47. The van der Waals surface area contributed by atoms with E-state index in [9.17, 15) is 4.79 Å². The maximum Gasteiger partial charge on any atom is 0.267 e. The summed E-state index contributed by atoms with van der Waals surface area (Å²) in [7, 11) is 1.72. The maximum atomic E-state index is 12.3. The van der Waals surface area contributed by atoms with Gasteiger partial charge in [-0.2, -0.15) is 0 Å². The molecule has 0 spiro atoms. The van der Waals surface area contributed by atoms with Gasteiger partial charge in [0.15, 0.2) is 11.5 Å². The second-order valence-corrected chi connectivity index (χ2v) is 4.64. The summed E-state index contributed by atoms with van der Waals surface area (Å²) in [6.45, 7) is 0.631. The van der Waals surface area contributed by atoms with Crippen molar-refractivity contribution in [1.29, 1.82) is 0 Å². The van der Waals surface area contributed by atoms with Crippen molar-refractivity contribution in [3.8, 4) is 11.5 Å². The van der Waals surface area contributed by atoms with Crippen molar-refractivity contribution in [2.75, 3.05) is 13.7 Å². The van der Waals surface area contributed by atoms with E-state index < -0.39 is 6.10 Å². The van der Waals surface area contributed by atoms with Gasteiger partial charge in [-0.1, -0.05) is 12.1 Å². The highest BCUT2D eigenvalue weighted by atomic mass is 16.6. The number of carbonyl (C=O) groups excluding carboxylic acids is 1. The topological polar surface area (TPSA) is 51.9 Å². The Balaban J connectivity index is 1.66. The van der Waals surface area contributed by atoms with E-state index in [1.54, 1.807) is 30.3 Å². The molecular formula is C15H15NO4. The number of hydrogen-bond donors (Lipinski definition) is 0. The fourth-order valence-electron chi connectivity index (χ4n) is 2.10. The monoisotopic (exact) mass is 273 g/mol. The van der Waals surface area contributed by atoms with Crippen LogP contribution in [0.4, 0.5) is 0 Å². The van der Waals surface area contributed by atoms with Gasteiger partial charge < -0.3 is 18.8 Å². The first kappa shape index (κ1) is 12.6. The number of hydrogen-bond acceptors (Lipinski definition) is 4. The van der Waals surface area contributed by atoms with E-state index in [4.69, 9.17) is 13.9 Å². The summed E-state index contributed by atoms with van der Waals surface area (Å²) in [5.41, 5.74) is 0. The van der Waals surface area contributed by atoms with E-state index in [0.29, 0.717) is 18.0 Å². The van der Waals surface area contributed by atoms with E-state index in [1.165, 1.54) is 0 Å². The van der Waals surface area contributed by atoms with Gasteiger partial charge in [-0.3, -0.25) is 4.79 Å². The Morgan fingerprint density at radius 2 is 2.05 bits per heavy atom. The zero-order chi connectivity index (χ0) is 13.9. The number of ether oxygens (including phenoxy) is 2. The average molecular weight is 273 g/mol. The Hall–Kier alpha value is -2.43. The quantitative estimate of drug-likeness (QED) is 0.859. The molecule has 0 radical (unpaired) electrons. The molecule has 0 unspecified atom stereocenters. The molecule has 5 nitrogen and oxygen atoms in total. The van der Waals surface area contributed by atoms with Gasteiger partial charge in [-0.15, -0.1) is 0 Å². The summed E-state index contributed by atoms with van der Waals surface area (Å²) in [4.78, 5) is 13.9. The lowest BCUT2D eigenvalue weighted by Gasteiger charge is -2.28. The summed E-state index contributed by atoms with van der Waals surface area (Å²) >= 11 is 0. The van der Waals surface area contributed by atoms with Crippen LogP contribution < -0.4 is 9.47 Å². The fraction of sp³-hybridized carbons (Fsp3) is 0.267. The Morgan fingerprint density at radius 1 is 1.25 bits per heavy atom. The van der Waals surface area contributed by atoms with E-state index >= 15 is 0 Å². The number of carbonyl (C=O) groups is 1. The van der Waals surface area contributed by atoms with Crippen LogP contribution in [0.1, 0.15) is 5.76 Å². The van der Waals surface area contributed by atoms with Gasteiger partial charge in [-0.05, 0) is 24.3 Å². The molecule has 0 aliphatic carbocycles. The molecule has 1 aliphatic heterocycles. The highest BCUT2D eigenvalue weighted by Crippen LogP contribution is 2.31. The van der Waals surface area contributed by atoms with Gasteiger partial charge >= 0.3 is 0 Å². The van der Waals surface area contributed by atoms with Crippen LogP contribution in [0.25, 0.3) is 0 Å². The summed E-state index contributed by atoms with van der Waals surface area (Å²) in [5.74, 6) is 1.88. The Kier molecular flexibility index (Phi) is 3.33. The molecule has 1 atom stereocenters. The number of amides is 1. The standard InChI is InChI=1S/C15H15NO4/c1-16(9-11-5-4-8-18-11)15(17)14-10-19-12-6-2-3-7-13(12)20-14/h2-8,14H,9-10H2,1H3/t14-/m0/s1. The van der Waals surface area contributed by atoms with Crippen molar-refractivity contribution in [3.05, 3.63) is 48.4 Å². The highest BCUT2D eigenvalue weighted by molar-refractivity contribution is 5.81. The first-order valence-electron chi connectivity index (χ1n) is 6.40. The number of furan rings is 1. The molecule has 0 bridgehead atoms. The van der Waals surface area contributed by atoms with Gasteiger partial charge in [0.05, 0.1) is 12.8 Å². The third-order valence-corrected chi connectivity index (χ3v) is 3.13. The molecule has 1 aromatic carbocycles. The minimum Gasteiger partial charge on any atom is -0.485 e. The fourth-order valence-corrected chi connectivity index (χ4v) is 2.10. The van der Waals surface area contributed by atoms with Crippen molar-refractivity contribution in [2.45, 2.75) is 12.6 Å². The zero-order valence-corrected chi connectivity index (χ0v) is 11.1. The predicted molar refractivity (Wildman–Crippen MR) is 71.5 cm³/mol. The van der Waals surface area contributed by atoms with Crippen LogP contribution in [-0.2, 0) is 11.3 Å². The average Bonchev–Trinajstić information content (AvgIpc) is 2.99. The molecule has 2 heterocycles. The van der Waals surface area contributed by atoms with Crippen molar-refractivity contribution >= 4 is 5.91 Å². The van der Waals surface area contributed by atoms with E-state index in [2.05, 4.69) is 0 Å². The van der Waals surface area contributed by atoms with E-state index in [-0.39, 0.29) is 12.5 Å². The number of likely N-dealkylation sites (N-methyl/N-ethyl adjacent to an activating group) is 1. The molecule has 104 valence electrons. The van der Waals surface area contributed by atoms with E-state index in [1.807, 2.05) is 24.3 Å². The third-order valence-electron chi connectivity index (χ3n) is 3.13. The van der Waals surface area contributed by atoms with Crippen molar-refractivity contribution in [1.82, 2.24) is 4.90 Å². The van der Waals surface area contributed by atoms with E-state index in [0.717, 1.165) is 5.76 Å². The SMILES string of the molecule is CN(Cc1ccco1)C(=O)[C@@H]1COc2ccccc2O1. The van der Waals surface area contributed by atoms with Gasteiger partial charge in [0.1, 0.15) is 12.4 Å². The second kappa shape index (κ2) is 5.28. The number of nitrogens with zero attached hydrogens (tertiary/aromatic N) is 1. The smallest absolute Gasteiger partial charge is 0.267 e.